The minimum atomic E-state index is 0.574. The number of nitrogens with one attached hydrogen (secondary N) is 1. The van der Waals surface area contributed by atoms with E-state index in [1.165, 1.54) is 12.8 Å². The number of nitrogens with zero attached hydrogens (tertiary/aromatic N) is 3. The first kappa shape index (κ1) is 12.2. The van der Waals surface area contributed by atoms with Crippen molar-refractivity contribution in [1.82, 2.24) is 14.9 Å². The molecular weight excluding hydrogens is 212 g/mol. The van der Waals surface area contributed by atoms with Crippen molar-refractivity contribution in [2.75, 3.05) is 25.0 Å². The van der Waals surface area contributed by atoms with Crippen molar-refractivity contribution in [1.29, 1.82) is 0 Å². The molecular formula is C13H22N4. The molecule has 2 rings (SSSR count). The predicted octanol–water partition coefficient (Wildman–Crippen LogP) is 1.57. The second-order valence-corrected chi connectivity index (χ2v) is 4.67. The van der Waals surface area contributed by atoms with Gasteiger partial charge in [0.05, 0.1) is 5.69 Å². The van der Waals surface area contributed by atoms with E-state index in [9.17, 15) is 0 Å². The van der Waals surface area contributed by atoms with Crippen LogP contribution < -0.4 is 10.2 Å². The summed E-state index contributed by atoms with van der Waals surface area (Å²) in [6.07, 6.45) is 6.53. The number of hydrogen-bond donors (Lipinski definition) is 1. The molecule has 1 aromatic rings. The van der Waals surface area contributed by atoms with Crippen LogP contribution in [0.4, 0.5) is 5.95 Å². The van der Waals surface area contributed by atoms with E-state index in [1.807, 2.05) is 20.0 Å². The number of likely N-dealkylation sites (N-methyl/N-ethyl adjacent to an activating group) is 1. The van der Waals surface area contributed by atoms with Crippen molar-refractivity contribution in [3.8, 4) is 0 Å². The van der Waals surface area contributed by atoms with E-state index in [0.717, 1.165) is 31.3 Å². The summed E-state index contributed by atoms with van der Waals surface area (Å²) in [5, 5.41) is 3.27. The number of anilines is 1. The van der Waals surface area contributed by atoms with Gasteiger partial charge >= 0.3 is 0 Å². The van der Waals surface area contributed by atoms with Gasteiger partial charge in [0.1, 0.15) is 0 Å². The second-order valence-electron chi connectivity index (χ2n) is 4.67. The molecule has 1 aromatic heterocycles. The van der Waals surface area contributed by atoms with E-state index < -0.39 is 0 Å². The molecule has 0 amide bonds. The summed E-state index contributed by atoms with van der Waals surface area (Å²) in [5.41, 5.74) is 1.08. The molecule has 1 aliphatic heterocycles. The van der Waals surface area contributed by atoms with Gasteiger partial charge in [-0.15, -0.1) is 6.58 Å². The summed E-state index contributed by atoms with van der Waals surface area (Å²) < 4.78 is 2.19. The van der Waals surface area contributed by atoms with Crippen LogP contribution in [0.2, 0.25) is 0 Å². The van der Waals surface area contributed by atoms with E-state index in [2.05, 4.69) is 32.5 Å². The molecule has 4 heteroatoms. The molecule has 0 spiro atoms. The minimum Gasteiger partial charge on any atom is -0.338 e. The molecule has 0 radical (unpaired) electrons. The molecule has 17 heavy (non-hydrogen) atoms. The maximum Gasteiger partial charge on any atom is 0.206 e. The van der Waals surface area contributed by atoms with Crippen LogP contribution >= 0.6 is 0 Å². The molecule has 94 valence electrons. The highest BCUT2D eigenvalue weighted by molar-refractivity contribution is 5.37. The zero-order chi connectivity index (χ0) is 12.3. The lowest BCUT2D eigenvalue weighted by Crippen LogP contribution is -2.38. The molecule has 0 aromatic carbocycles. The predicted molar refractivity (Wildman–Crippen MR) is 71.5 cm³/mol. The quantitative estimate of drug-likeness (QED) is 0.785. The summed E-state index contributed by atoms with van der Waals surface area (Å²) in [6.45, 7) is 8.83. The Labute approximate surface area is 103 Å². The van der Waals surface area contributed by atoms with Gasteiger partial charge in [0.15, 0.2) is 0 Å². The molecule has 1 saturated heterocycles. The number of allylic oxidation sites excluding steroid dienone is 1. The molecule has 0 bridgehead atoms. The van der Waals surface area contributed by atoms with Crippen molar-refractivity contribution in [2.24, 2.45) is 0 Å². The molecule has 1 fully saturated rings. The first-order valence-electron chi connectivity index (χ1n) is 6.32. The summed E-state index contributed by atoms with van der Waals surface area (Å²) in [7, 11) is 2.01. The average molecular weight is 234 g/mol. The normalized spacial score (nSPS) is 19.9. The van der Waals surface area contributed by atoms with Crippen molar-refractivity contribution in [2.45, 2.75) is 32.4 Å². The van der Waals surface area contributed by atoms with Gasteiger partial charge in [-0.3, -0.25) is 0 Å². The Kier molecular flexibility index (Phi) is 3.84. The summed E-state index contributed by atoms with van der Waals surface area (Å²) in [5.74, 6) is 1.10. The third-order valence-corrected chi connectivity index (χ3v) is 3.28. The van der Waals surface area contributed by atoms with Crippen LogP contribution in [-0.2, 0) is 6.54 Å². The highest BCUT2D eigenvalue weighted by Crippen LogP contribution is 2.24. The topological polar surface area (TPSA) is 33.1 Å². The van der Waals surface area contributed by atoms with E-state index in [1.54, 1.807) is 0 Å². The molecule has 0 aliphatic carbocycles. The number of aryl methyl sites for hydroxylation is 1. The second kappa shape index (κ2) is 5.36. The van der Waals surface area contributed by atoms with Gasteiger partial charge < -0.3 is 14.8 Å². The third kappa shape index (κ3) is 2.52. The lowest BCUT2D eigenvalue weighted by molar-refractivity contribution is 0.598. The van der Waals surface area contributed by atoms with Crippen LogP contribution in [-0.4, -0.2) is 35.7 Å². The van der Waals surface area contributed by atoms with E-state index in [4.69, 9.17) is 0 Å². The number of imidazole rings is 1. The minimum absolute atomic E-state index is 0.574. The molecule has 1 aliphatic rings. The average Bonchev–Trinajstić information content (AvgIpc) is 2.86. The van der Waals surface area contributed by atoms with E-state index in [-0.39, 0.29) is 0 Å². The fraction of sp³-hybridized carbons (Fsp3) is 0.615. The maximum absolute atomic E-state index is 4.66. The third-order valence-electron chi connectivity index (χ3n) is 3.28. The summed E-state index contributed by atoms with van der Waals surface area (Å²) in [4.78, 5) is 7.08. The first-order chi connectivity index (χ1) is 8.26. The first-order valence-corrected chi connectivity index (χ1v) is 6.32. The molecule has 2 heterocycles. The lowest BCUT2D eigenvalue weighted by Gasteiger charge is -2.26. The Bertz CT molecular complexity index is 383. The fourth-order valence-corrected chi connectivity index (χ4v) is 2.58. The Morgan fingerprint density at radius 2 is 2.47 bits per heavy atom. The summed E-state index contributed by atoms with van der Waals surface area (Å²) >= 11 is 0. The van der Waals surface area contributed by atoms with Crippen LogP contribution in [0.15, 0.2) is 18.9 Å². The van der Waals surface area contributed by atoms with Gasteiger partial charge in [0.2, 0.25) is 5.95 Å². The zero-order valence-corrected chi connectivity index (χ0v) is 10.8. The largest absolute Gasteiger partial charge is 0.338 e. The molecule has 1 N–H and O–H groups in total. The van der Waals surface area contributed by atoms with Crippen molar-refractivity contribution in [3.63, 3.8) is 0 Å². The Morgan fingerprint density at radius 1 is 1.65 bits per heavy atom. The van der Waals surface area contributed by atoms with Crippen LogP contribution in [0.5, 0.6) is 0 Å². The van der Waals surface area contributed by atoms with Crippen molar-refractivity contribution < 1.29 is 0 Å². The molecule has 0 saturated carbocycles. The monoisotopic (exact) mass is 234 g/mol. The summed E-state index contributed by atoms with van der Waals surface area (Å²) in [6, 6.07) is 0.574. The number of aromatic nitrogens is 2. The van der Waals surface area contributed by atoms with E-state index >= 15 is 0 Å². The Morgan fingerprint density at radius 3 is 3.18 bits per heavy atom. The lowest BCUT2D eigenvalue weighted by atomic mass is 10.2. The van der Waals surface area contributed by atoms with Crippen LogP contribution in [0.3, 0.4) is 0 Å². The SMILES string of the molecule is C=CCn1cc(C)nc1N1CCCC1CNC. The fourth-order valence-electron chi connectivity index (χ4n) is 2.58. The van der Waals surface area contributed by atoms with Gasteiger partial charge in [-0.1, -0.05) is 6.08 Å². The maximum atomic E-state index is 4.66. The molecule has 1 unspecified atom stereocenters. The highest BCUT2D eigenvalue weighted by atomic mass is 15.3. The van der Waals surface area contributed by atoms with Crippen LogP contribution in [0.1, 0.15) is 18.5 Å². The Hall–Kier alpha value is -1.29. The van der Waals surface area contributed by atoms with Gasteiger partial charge in [-0.2, -0.15) is 0 Å². The molecule has 4 nitrogen and oxygen atoms in total. The van der Waals surface area contributed by atoms with Gasteiger partial charge in [0.25, 0.3) is 0 Å². The smallest absolute Gasteiger partial charge is 0.206 e. The van der Waals surface area contributed by atoms with Gasteiger partial charge in [0, 0.05) is 31.9 Å². The van der Waals surface area contributed by atoms with Gasteiger partial charge in [-0.25, -0.2) is 4.98 Å². The number of hydrogen-bond acceptors (Lipinski definition) is 3. The Balaban J connectivity index is 2.22. The van der Waals surface area contributed by atoms with Crippen LogP contribution in [0, 0.1) is 6.92 Å². The van der Waals surface area contributed by atoms with E-state index in [0.29, 0.717) is 6.04 Å². The van der Waals surface area contributed by atoms with Crippen molar-refractivity contribution >= 4 is 5.95 Å². The van der Waals surface area contributed by atoms with Gasteiger partial charge in [-0.05, 0) is 26.8 Å². The van der Waals surface area contributed by atoms with Crippen LogP contribution in [0.25, 0.3) is 0 Å². The standard InChI is InChI=1S/C13H22N4/c1-4-7-16-10-11(2)15-13(16)17-8-5-6-12(17)9-14-3/h4,10,12,14H,1,5-9H2,2-3H3. The van der Waals surface area contributed by atoms with Crippen molar-refractivity contribution in [3.05, 3.63) is 24.5 Å². The zero-order valence-electron chi connectivity index (χ0n) is 10.8. The highest BCUT2D eigenvalue weighted by Gasteiger charge is 2.27. The molecule has 1 atom stereocenters. The number of rotatable bonds is 5.